The van der Waals surface area contributed by atoms with Crippen molar-refractivity contribution in [3.05, 3.63) is 54.1 Å². The predicted octanol–water partition coefficient (Wildman–Crippen LogP) is 2.70. The lowest BCUT2D eigenvalue weighted by Crippen LogP contribution is -2.25. The first kappa shape index (κ1) is 18.8. The van der Waals surface area contributed by atoms with E-state index in [9.17, 15) is 9.59 Å². The van der Waals surface area contributed by atoms with E-state index >= 15 is 0 Å². The molecule has 2 aromatic rings. The number of amides is 2. The maximum atomic E-state index is 11.8. The molecule has 0 atom stereocenters. The number of carbonyl (C=O) groups excluding carboxylic acids is 1. The second-order valence-corrected chi connectivity index (χ2v) is 5.18. The van der Waals surface area contributed by atoms with Crippen LogP contribution in [-0.4, -0.2) is 36.5 Å². The van der Waals surface area contributed by atoms with E-state index in [1.807, 2.05) is 18.2 Å². The molecular weight excluding hydrogens is 338 g/mol. The molecule has 0 aliphatic carbocycles. The number of carbonyl (C=O) groups is 2. The zero-order valence-electron chi connectivity index (χ0n) is 14.4. The van der Waals surface area contributed by atoms with Crippen molar-refractivity contribution in [1.29, 1.82) is 0 Å². The van der Waals surface area contributed by atoms with Crippen molar-refractivity contribution in [3.8, 4) is 11.5 Å². The Balaban J connectivity index is 2.03. The van der Waals surface area contributed by atoms with Crippen molar-refractivity contribution in [3.63, 3.8) is 0 Å². The van der Waals surface area contributed by atoms with Crippen LogP contribution >= 0.6 is 0 Å². The molecule has 0 unspecified atom stereocenters. The summed E-state index contributed by atoms with van der Waals surface area (Å²) in [6.07, 6.45) is 0. The van der Waals surface area contributed by atoms with Gasteiger partial charge in [0, 0.05) is 11.3 Å². The van der Waals surface area contributed by atoms with Crippen LogP contribution in [0.4, 0.5) is 10.5 Å². The first-order chi connectivity index (χ1) is 12.5. The minimum Gasteiger partial charge on any atom is -0.493 e. The molecule has 0 radical (unpaired) electrons. The monoisotopic (exact) mass is 357 g/mol. The third-order valence-electron chi connectivity index (χ3n) is 3.29. The third-order valence-corrected chi connectivity index (χ3v) is 3.29. The normalized spacial score (nSPS) is 10.8. The smallest absolute Gasteiger partial charge is 0.341 e. The van der Waals surface area contributed by atoms with E-state index in [-0.39, 0.29) is 0 Å². The van der Waals surface area contributed by atoms with Crippen LogP contribution in [0, 0.1) is 0 Å². The molecule has 26 heavy (non-hydrogen) atoms. The van der Waals surface area contributed by atoms with E-state index in [1.54, 1.807) is 37.3 Å². The number of urea groups is 1. The molecule has 0 fully saturated rings. The number of hydrogen-bond acceptors (Lipinski definition) is 5. The van der Waals surface area contributed by atoms with Gasteiger partial charge in [0.2, 0.25) is 0 Å². The number of carboxylic acids is 1. The van der Waals surface area contributed by atoms with Crippen LogP contribution in [0.5, 0.6) is 11.5 Å². The maximum absolute atomic E-state index is 11.8. The van der Waals surface area contributed by atoms with Crippen molar-refractivity contribution in [2.75, 3.05) is 19.0 Å². The number of anilines is 1. The average Bonchev–Trinajstić information content (AvgIpc) is 2.65. The molecule has 8 nitrogen and oxygen atoms in total. The molecule has 0 heterocycles. The quantitative estimate of drug-likeness (QED) is 0.521. The Labute approximate surface area is 150 Å². The summed E-state index contributed by atoms with van der Waals surface area (Å²) >= 11 is 0. The van der Waals surface area contributed by atoms with E-state index in [0.29, 0.717) is 28.5 Å². The number of para-hydroxylation sites is 1. The molecule has 0 saturated carbocycles. The summed E-state index contributed by atoms with van der Waals surface area (Å²) in [7, 11) is 1.45. The molecule has 8 heteroatoms. The second kappa shape index (κ2) is 9.07. The lowest BCUT2D eigenvalue weighted by atomic mass is 10.1. The Morgan fingerprint density at radius 2 is 1.85 bits per heavy atom. The molecule has 136 valence electrons. The van der Waals surface area contributed by atoms with Gasteiger partial charge >= 0.3 is 12.0 Å². The first-order valence-electron chi connectivity index (χ1n) is 7.69. The van der Waals surface area contributed by atoms with Crippen LogP contribution in [0.1, 0.15) is 12.5 Å². The molecule has 0 aliphatic heterocycles. The average molecular weight is 357 g/mol. The van der Waals surface area contributed by atoms with Gasteiger partial charge in [-0.15, -0.1) is 0 Å². The lowest BCUT2D eigenvalue weighted by Gasteiger charge is -2.11. The SMILES string of the molecule is COc1cc(/C(C)=N\NC(=O)Nc2ccccc2)ccc1OCC(=O)O. The first-order valence-corrected chi connectivity index (χ1v) is 7.69. The number of rotatable bonds is 7. The fraction of sp³-hybridized carbons (Fsp3) is 0.167. The minimum atomic E-state index is -1.08. The molecule has 2 rings (SSSR count). The van der Waals surface area contributed by atoms with Crippen LogP contribution in [0.3, 0.4) is 0 Å². The highest BCUT2D eigenvalue weighted by atomic mass is 16.5. The van der Waals surface area contributed by atoms with E-state index < -0.39 is 18.6 Å². The Hall–Kier alpha value is -3.55. The fourth-order valence-corrected chi connectivity index (χ4v) is 2.03. The van der Waals surface area contributed by atoms with Crippen LogP contribution in [0.25, 0.3) is 0 Å². The number of aliphatic carboxylic acids is 1. The minimum absolute atomic E-state index is 0.307. The molecule has 0 spiro atoms. The van der Waals surface area contributed by atoms with Gasteiger partial charge in [-0.3, -0.25) is 0 Å². The lowest BCUT2D eigenvalue weighted by molar-refractivity contribution is -0.139. The number of hydrogen-bond donors (Lipinski definition) is 3. The fourth-order valence-electron chi connectivity index (χ4n) is 2.03. The van der Waals surface area contributed by atoms with Gasteiger partial charge in [0.15, 0.2) is 18.1 Å². The molecule has 3 N–H and O–H groups in total. The Kier molecular flexibility index (Phi) is 6.55. The summed E-state index contributed by atoms with van der Waals surface area (Å²) in [5, 5.41) is 15.4. The van der Waals surface area contributed by atoms with Crippen molar-refractivity contribution >= 4 is 23.4 Å². The number of hydrazone groups is 1. The highest BCUT2D eigenvalue weighted by molar-refractivity contribution is 6.00. The zero-order chi connectivity index (χ0) is 18.9. The van der Waals surface area contributed by atoms with Crippen LogP contribution < -0.4 is 20.2 Å². The van der Waals surface area contributed by atoms with Crippen LogP contribution in [0.2, 0.25) is 0 Å². The number of nitrogens with zero attached hydrogens (tertiary/aromatic N) is 1. The van der Waals surface area contributed by atoms with Crippen molar-refractivity contribution < 1.29 is 24.2 Å². The molecule has 0 aliphatic rings. The van der Waals surface area contributed by atoms with Crippen LogP contribution in [-0.2, 0) is 4.79 Å². The Morgan fingerprint density at radius 3 is 2.50 bits per heavy atom. The van der Waals surface area contributed by atoms with Crippen molar-refractivity contribution in [1.82, 2.24) is 5.43 Å². The van der Waals surface area contributed by atoms with E-state index in [0.717, 1.165) is 0 Å². The molecule has 0 aromatic heterocycles. The summed E-state index contributed by atoms with van der Waals surface area (Å²) in [6, 6.07) is 13.4. The number of nitrogens with one attached hydrogen (secondary N) is 2. The second-order valence-electron chi connectivity index (χ2n) is 5.18. The Bertz CT molecular complexity index is 806. The number of ether oxygens (including phenoxy) is 2. The van der Waals surface area contributed by atoms with E-state index in [1.165, 1.54) is 7.11 Å². The molecular formula is C18H19N3O5. The Morgan fingerprint density at radius 1 is 1.12 bits per heavy atom. The largest absolute Gasteiger partial charge is 0.493 e. The van der Waals surface area contributed by atoms with Crippen molar-refractivity contribution in [2.45, 2.75) is 6.92 Å². The highest BCUT2D eigenvalue weighted by Crippen LogP contribution is 2.28. The predicted molar refractivity (Wildman–Crippen MR) is 96.9 cm³/mol. The molecule has 2 amide bonds. The van der Waals surface area contributed by atoms with Gasteiger partial charge in [0.05, 0.1) is 12.8 Å². The van der Waals surface area contributed by atoms with Gasteiger partial charge < -0.3 is 19.9 Å². The third kappa shape index (κ3) is 5.52. The summed E-state index contributed by atoms with van der Waals surface area (Å²) in [5.41, 5.74) is 4.28. The summed E-state index contributed by atoms with van der Waals surface area (Å²) in [5.74, 6) is -0.407. The summed E-state index contributed by atoms with van der Waals surface area (Å²) in [4.78, 5) is 22.4. The number of benzene rings is 2. The standard InChI is InChI=1S/C18H19N3O5/c1-12(20-21-18(24)19-14-6-4-3-5-7-14)13-8-9-15(16(10-13)25-2)26-11-17(22)23/h3-10H,11H2,1-2H3,(H,22,23)(H2,19,21,24)/b20-12-. The number of methoxy groups -OCH3 is 1. The number of carboxylic acid groups (broad SMARTS) is 1. The van der Waals surface area contributed by atoms with E-state index in [4.69, 9.17) is 14.6 Å². The van der Waals surface area contributed by atoms with Gasteiger partial charge in [0.1, 0.15) is 0 Å². The van der Waals surface area contributed by atoms with Crippen molar-refractivity contribution in [2.24, 2.45) is 5.10 Å². The van der Waals surface area contributed by atoms with Crippen LogP contribution in [0.15, 0.2) is 53.6 Å². The van der Waals surface area contributed by atoms with Gasteiger partial charge in [-0.05, 0) is 37.3 Å². The van der Waals surface area contributed by atoms with Gasteiger partial charge in [0.25, 0.3) is 0 Å². The maximum Gasteiger partial charge on any atom is 0.341 e. The molecule has 0 saturated heterocycles. The zero-order valence-corrected chi connectivity index (χ0v) is 14.4. The van der Waals surface area contributed by atoms with E-state index in [2.05, 4.69) is 15.8 Å². The highest BCUT2D eigenvalue weighted by Gasteiger charge is 2.09. The summed E-state index contributed by atoms with van der Waals surface area (Å²) < 4.78 is 10.3. The van der Waals surface area contributed by atoms with Gasteiger partial charge in [-0.1, -0.05) is 18.2 Å². The van der Waals surface area contributed by atoms with Gasteiger partial charge in [-0.2, -0.15) is 5.10 Å². The topological polar surface area (TPSA) is 109 Å². The summed E-state index contributed by atoms with van der Waals surface area (Å²) in [6.45, 7) is 1.25. The van der Waals surface area contributed by atoms with Gasteiger partial charge in [-0.25, -0.2) is 15.0 Å². The molecule has 2 aromatic carbocycles. The molecule has 0 bridgehead atoms.